The number of amides is 1. The highest BCUT2D eigenvalue weighted by Gasteiger charge is 2.07. The number of rotatable bonds is 2. The first kappa shape index (κ1) is 9.68. The van der Waals surface area contributed by atoms with Gasteiger partial charge in [0.1, 0.15) is 0 Å². The molecule has 0 rings (SSSR count). The first-order chi connectivity index (χ1) is 5.04. The average Bonchev–Trinajstić information content (AvgIpc) is 1.86. The highest BCUT2D eigenvalue weighted by molar-refractivity contribution is 6.31. The largest absolute Gasteiger partial charge is 0.474 e. The summed E-state index contributed by atoms with van der Waals surface area (Å²) in [4.78, 5) is 20.3. The molecule has 1 amide bonds. The standard InChI is InChI=1S/C7H11NO3/c1-5(2)3-4-8-6(9)7(10)11/h3H,4H2,1-2H3,(H,8,9)(H,10,11). The Labute approximate surface area is 64.9 Å². The van der Waals surface area contributed by atoms with Crippen LogP contribution >= 0.6 is 0 Å². The lowest BCUT2D eigenvalue weighted by Gasteiger charge is -1.95. The molecule has 4 heteroatoms. The minimum absolute atomic E-state index is 0.271. The monoisotopic (exact) mass is 157 g/mol. The van der Waals surface area contributed by atoms with Crippen molar-refractivity contribution in [2.45, 2.75) is 13.8 Å². The summed E-state index contributed by atoms with van der Waals surface area (Å²) >= 11 is 0. The normalized spacial score (nSPS) is 8.55. The number of carboxylic acids is 1. The van der Waals surface area contributed by atoms with Gasteiger partial charge in [0.25, 0.3) is 0 Å². The van der Waals surface area contributed by atoms with Crippen LogP contribution in [0.2, 0.25) is 0 Å². The number of hydrogen-bond donors (Lipinski definition) is 2. The Balaban J connectivity index is 3.64. The Morgan fingerprint density at radius 1 is 1.45 bits per heavy atom. The molecule has 0 aliphatic carbocycles. The van der Waals surface area contributed by atoms with Crippen LogP contribution in [0, 0.1) is 0 Å². The summed E-state index contributed by atoms with van der Waals surface area (Å²) in [5.41, 5.74) is 1.04. The molecule has 11 heavy (non-hydrogen) atoms. The maximum Gasteiger partial charge on any atom is 0.394 e. The molecule has 2 N–H and O–H groups in total. The summed E-state index contributed by atoms with van der Waals surface area (Å²) in [6.45, 7) is 4.01. The number of hydrogen-bond acceptors (Lipinski definition) is 2. The molecular formula is C7H11NO3. The topological polar surface area (TPSA) is 66.4 Å². The van der Waals surface area contributed by atoms with Gasteiger partial charge in [-0.05, 0) is 13.8 Å². The molecule has 0 aromatic rings. The van der Waals surface area contributed by atoms with Gasteiger partial charge >= 0.3 is 11.9 Å². The molecule has 0 aliphatic rings. The molecule has 0 unspecified atom stereocenters. The third-order valence-corrected chi connectivity index (χ3v) is 0.967. The zero-order valence-electron chi connectivity index (χ0n) is 6.55. The van der Waals surface area contributed by atoms with Crippen molar-refractivity contribution in [2.24, 2.45) is 0 Å². The molecule has 0 heterocycles. The van der Waals surface area contributed by atoms with Crippen LogP contribution in [0.15, 0.2) is 11.6 Å². The molecular weight excluding hydrogens is 146 g/mol. The maximum atomic E-state index is 10.4. The number of carbonyl (C=O) groups is 2. The highest BCUT2D eigenvalue weighted by Crippen LogP contribution is 1.84. The van der Waals surface area contributed by atoms with E-state index in [9.17, 15) is 9.59 Å². The quantitative estimate of drug-likeness (QED) is 0.443. The van der Waals surface area contributed by atoms with Gasteiger partial charge in [0, 0.05) is 6.54 Å². The SMILES string of the molecule is CC(C)=CCNC(=O)C(=O)O. The molecule has 0 bridgehead atoms. The predicted octanol–water partition coefficient (Wildman–Crippen LogP) is 0.153. The zero-order chi connectivity index (χ0) is 8.85. The molecule has 0 aromatic carbocycles. The summed E-state index contributed by atoms with van der Waals surface area (Å²) in [6, 6.07) is 0. The Hall–Kier alpha value is -1.32. The van der Waals surface area contributed by atoms with Crippen LogP contribution in [-0.2, 0) is 9.59 Å². The maximum absolute atomic E-state index is 10.4. The van der Waals surface area contributed by atoms with Crippen molar-refractivity contribution in [2.75, 3.05) is 6.54 Å². The number of aliphatic carboxylic acids is 1. The van der Waals surface area contributed by atoms with Crippen molar-refractivity contribution in [3.05, 3.63) is 11.6 Å². The minimum atomic E-state index is -1.45. The van der Waals surface area contributed by atoms with E-state index in [2.05, 4.69) is 5.32 Å². The van der Waals surface area contributed by atoms with E-state index < -0.39 is 11.9 Å². The van der Waals surface area contributed by atoms with Crippen molar-refractivity contribution in [3.8, 4) is 0 Å². The first-order valence-corrected chi connectivity index (χ1v) is 3.18. The van der Waals surface area contributed by atoms with E-state index in [0.717, 1.165) is 5.57 Å². The second-order valence-electron chi connectivity index (χ2n) is 2.30. The van der Waals surface area contributed by atoms with Gasteiger partial charge in [-0.15, -0.1) is 0 Å². The molecule has 62 valence electrons. The second kappa shape index (κ2) is 4.49. The fraction of sp³-hybridized carbons (Fsp3) is 0.429. The summed E-state index contributed by atoms with van der Waals surface area (Å²) in [7, 11) is 0. The molecule has 0 aliphatic heterocycles. The van der Waals surface area contributed by atoms with Gasteiger partial charge in [-0.2, -0.15) is 0 Å². The van der Waals surface area contributed by atoms with E-state index in [4.69, 9.17) is 5.11 Å². The first-order valence-electron chi connectivity index (χ1n) is 3.18. The summed E-state index contributed by atoms with van der Waals surface area (Å²) in [5.74, 6) is -2.42. The van der Waals surface area contributed by atoms with E-state index in [1.54, 1.807) is 6.08 Å². The number of carbonyl (C=O) groups excluding carboxylic acids is 1. The average molecular weight is 157 g/mol. The molecule has 0 radical (unpaired) electrons. The van der Waals surface area contributed by atoms with Crippen molar-refractivity contribution in [3.63, 3.8) is 0 Å². The molecule has 0 spiro atoms. The van der Waals surface area contributed by atoms with Gasteiger partial charge in [-0.25, -0.2) is 4.79 Å². The fourth-order valence-corrected chi connectivity index (χ4v) is 0.423. The van der Waals surface area contributed by atoms with Crippen LogP contribution in [-0.4, -0.2) is 23.5 Å². The molecule has 0 saturated carbocycles. The van der Waals surface area contributed by atoms with Crippen LogP contribution < -0.4 is 5.32 Å². The van der Waals surface area contributed by atoms with E-state index in [0.29, 0.717) is 0 Å². The smallest absolute Gasteiger partial charge is 0.394 e. The lowest BCUT2D eigenvalue weighted by atomic mass is 10.3. The molecule has 0 atom stereocenters. The van der Waals surface area contributed by atoms with Gasteiger partial charge in [0.15, 0.2) is 0 Å². The van der Waals surface area contributed by atoms with Gasteiger partial charge in [0.05, 0.1) is 0 Å². The van der Waals surface area contributed by atoms with Crippen LogP contribution in [0.1, 0.15) is 13.8 Å². The van der Waals surface area contributed by atoms with Gasteiger partial charge < -0.3 is 10.4 Å². The van der Waals surface area contributed by atoms with E-state index in [-0.39, 0.29) is 6.54 Å². The van der Waals surface area contributed by atoms with Crippen molar-refractivity contribution < 1.29 is 14.7 Å². The van der Waals surface area contributed by atoms with Crippen molar-refractivity contribution in [1.82, 2.24) is 5.32 Å². The van der Waals surface area contributed by atoms with Gasteiger partial charge in [-0.1, -0.05) is 11.6 Å². The van der Waals surface area contributed by atoms with E-state index in [1.807, 2.05) is 13.8 Å². The summed E-state index contributed by atoms with van der Waals surface area (Å²) in [5, 5.41) is 10.3. The summed E-state index contributed by atoms with van der Waals surface area (Å²) < 4.78 is 0. The van der Waals surface area contributed by atoms with Crippen LogP contribution in [0.4, 0.5) is 0 Å². The Morgan fingerprint density at radius 3 is 2.36 bits per heavy atom. The third-order valence-electron chi connectivity index (χ3n) is 0.967. The van der Waals surface area contributed by atoms with Crippen LogP contribution in [0.25, 0.3) is 0 Å². The van der Waals surface area contributed by atoms with E-state index >= 15 is 0 Å². The predicted molar refractivity (Wildman–Crippen MR) is 40.1 cm³/mol. The third kappa shape index (κ3) is 5.14. The lowest BCUT2D eigenvalue weighted by molar-refractivity contribution is -0.150. The summed E-state index contributed by atoms with van der Waals surface area (Å²) in [6.07, 6.45) is 1.74. The lowest BCUT2D eigenvalue weighted by Crippen LogP contribution is -2.30. The Bertz CT molecular complexity index is 192. The van der Waals surface area contributed by atoms with Gasteiger partial charge in [0.2, 0.25) is 0 Å². The number of nitrogens with one attached hydrogen (secondary N) is 1. The van der Waals surface area contributed by atoms with Crippen LogP contribution in [0.3, 0.4) is 0 Å². The molecule has 0 aromatic heterocycles. The Kier molecular flexibility index (Phi) is 3.95. The number of carboxylic acid groups (broad SMARTS) is 1. The zero-order valence-corrected chi connectivity index (χ0v) is 6.55. The van der Waals surface area contributed by atoms with Crippen molar-refractivity contribution >= 4 is 11.9 Å². The van der Waals surface area contributed by atoms with Gasteiger partial charge in [-0.3, -0.25) is 4.79 Å². The molecule has 0 saturated heterocycles. The number of allylic oxidation sites excluding steroid dienone is 1. The minimum Gasteiger partial charge on any atom is -0.474 e. The molecule has 0 fully saturated rings. The van der Waals surface area contributed by atoms with E-state index in [1.165, 1.54) is 0 Å². The molecule has 4 nitrogen and oxygen atoms in total. The Morgan fingerprint density at radius 2 is 2.00 bits per heavy atom. The second-order valence-corrected chi connectivity index (χ2v) is 2.30. The fourth-order valence-electron chi connectivity index (χ4n) is 0.423. The van der Waals surface area contributed by atoms with Crippen molar-refractivity contribution in [1.29, 1.82) is 0 Å². The highest BCUT2D eigenvalue weighted by atomic mass is 16.4. The van der Waals surface area contributed by atoms with Crippen LogP contribution in [0.5, 0.6) is 0 Å².